The van der Waals surface area contributed by atoms with Crippen molar-refractivity contribution in [2.24, 2.45) is 0 Å². The fraction of sp³-hybridized carbons (Fsp3) is 0.292. The topological polar surface area (TPSA) is 50.4 Å². The van der Waals surface area contributed by atoms with Crippen LogP contribution in [0.2, 0.25) is 0 Å². The zero-order valence-corrected chi connectivity index (χ0v) is 19.3. The Morgan fingerprint density at radius 1 is 0.867 bits per heavy atom. The molecule has 2 N–H and O–H groups in total. The standard InChI is InChI=1S/C13H15NO2S.C11H13NS/c1-9(15)16-11-3-4-13-12(7-11)10(8-17-13)5-6-14-2;1-12-7-6-9-8-13-11-5-3-2-4-10(9)11/h3-4,7-8,14H,5-6H2,1-2H3;2-5,8,12H,6-7H2,1H3. The smallest absolute Gasteiger partial charge is 0.308 e. The van der Waals surface area contributed by atoms with Crippen molar-refractivity contribution in [3.05, 3.63) is 64.4 Å². The van der Waals surface area contributed by atoms with Crippen LogP contribution in [0.4, 0.5) is 0 Å². The molecule has 0 amide bonds. The van der Waals surface area contributed by atoms with E-state index in [1.807, 2.05) is 43.6 Å². The summed E-state index contributed by atoms with van der Waals surface area (Å²) in [7, 11) is 3.94. The first-order chi connectivity index (χ1) is 14.6. The number of hydrogen-bond acceptors (Lipinski definition) is 6. The second-order valence-electron chi connectivity index (χ2n) is 6.98. The van der Waals surface area contributed by atoms with Crippen molar-refractivity contribution in [3.8, 4) is 5.75 Å². The van der Waals surface area contributed by atoms with Gasteiger partial charge in [-0.25, -0.2) is 0 Å². The summed E-state index contributed by atoms with van der Waals surface area (Å²) in [5.74, 6) is 0.338. The molecule has 0 unspecified atom stereocenters. The van der Waals surface area contributed by atoms with Crippen molar-refractivity contribution in [2.45, 2.75) is 19.8 Å². The maximum atomic E-state index is 10.9. The molecule has 30 heavy (non-hydrogen) atoms. The Balaban J connectivity index is 0.000000177. The van der Waals surface area contributed by atoms with E-state index >= 15 is 0 Å². The Morgan fingerprint density at radius 3 is 2.10 bits per heavy atom. The molecule has 0 atom stereocenters. The number of carbonyl (C=O) groups excluding carboxylic acids is 1. The van der Waals surface area contributed by atoms with Crippen LogP contribution in [0.1, 0.15) is 18.1 Å². The maximum Gasteiger partial charge on any atom is 0.308 e. The second-order valence-corrected chi connectivity index (χ2v) is 8.80. The van der Waals surface area contributed by atoms with Crippen LogP contribution >= 0.6 is 22.7 Å². The van der Waals surface area contributed by atoms with Crippen molar-refractivity contribution in [1.29, 1.82) is 0 Å². The molecule has 4 aromatic rings. The van der Waals surface area contributed by atoms with Crippen molar-refractivity contribution in [1.82, 2.24) is 10.6 Å². The molecule has 2 aromatic carbocycles. The van der Waals surface area contributed by atoms with Gasteiger partial charge in [0.2, 0.25) is 0 Å². The summed E-state index contributed by atoms with van der Waals surface area (Å²) in [6, 6.07) is 14.4. The molecule has 0 aliphatic heterocycles. The fourth-order valence-electron chi connectivity index (χ4n) is 3.23. The zero-order chi connectivity index (χ0) is 21.3. The van der Waals surface area contributed by atoms with E-state index < -0.39 is 0 Å². The van der Waals surface area contributed by atoms with Crippen molar-refractivity contribution in [3.63, 3.8) is 0 Å². The molecule has 0 spiro atoms. The summed E-state index contributed by atoms with van der Waals surface area (Å²) in [5.41, 5.74) is 2.77. The minimum Gasteiger partial charge on any atom is -0.427 e. The molecule has 0 fully saturated rings. The van der Waals surface area contributed by atoms with Gasteiger partial charge in [-0.3, -0.25) is 4.79 Å². The van der Waals surface area contributed by atoms with E-state index in [0.717, 1.165) is 25.9 Å². The minimum atomic E-state index is -0.281. The first-order valence-corrected chi connectivity index (χ1v) is 11.8. The Bertz CT molecular complexity index is 1100. The number of thiophene rings is 2. The quantitative estimate of drug-likeness (QED) is 0.304. The number of rotatable bonds is 7. The first-order valence-electron chi connectivity index (χ1n) is 10.0. The van der Waals surface area contributed by atoms with Crippen LogP contribution in [0.25, 0.3) is 20.2 Å². The van der Waals surface area contributed by atoms with Gasteiger partial charge in [-0.2, -0.15) is 0 Å². The van der Waals surface area contributed by atoms with Crippen LogP contribution in [0.5, 0.6) is 5.75 Å². The number of fused-ring (bicyclic) bond motifs is 2. The van der Waals surface area contributed by atoms with Crippen LogP contribution in [-0.4, -0.2) is 33.2 Å². The lowest BCUT2D eigenvalue weighted by Crippen LogP contribution is -2.09. The molecule has 2 aromatic heterocycles. The Labute approximate surface area is 185 Å². The number of nitrogens with one attached hydrogen (secondary N) is 2. The molecule has 0 aliphatic carbocycles. The van der Waals surface area contributed by atoms with Crippen molar-refractivity contribution < 1.29 is 9.53 Å². The average Bonchev–Trinajstić information content (AvgIpc) is 3.34. The monoisotopic (exact) mass is 440 g/mol. The van der Waals surface area contributed by atoms with Crippen LogP contribution in [-0.2, 0) is 17.6 Å². The molecular weight excluding hydrogens is 412 g/mol. The maximum absolute atomic E-state index is 10.9. The van der Waals surface area contributed by atoms with Crippen molar-refractivity contribution in [2.75, 3.05) is 27.2 Å². The van der Waals surface area contributed by atoms with E-state index in [1.54, 1.807) is 11.3 Å². The molecule has 0 aliphatic rings. The highest BCUT2D eigenvalue weighted by Gasteiger charge is 2.06. The summed E-state index contributed by atoms with van der Waals surface area (Å²) in [4.78, 5) is 10.9. The highest BCUT2D eigenvalue weighted by Crippen LogP contribution is 2.30. The largest absolute Gasteiger partial charge is 0.427 e. The predicted octanol–water partition coefficient (Wildman–Crippen LogP) is 5.25. The van der Waals surface area contributed by atoms with E-state index in [4.69, 9.17) is 4.74 Å². The molecule has 4 rings (SSSR count). The Hall–Kier alpha value is -2.25. The van der Waals surface area contributed by atoms with Gasteiger partial charge in [-0.05, 0) is 97.0 Å². The van der Waals surface area contributed by atoms with Crippen LogP contribution < -0.4 is 15.4 Å². The van der Waals surface area contributed by atoms with Gasteiger partial charge in [0, 0.05) is 16.3 Å². The third-order valence-corrected chi connectivity index (χ3v) is 6.76. The summed E-state index contributed by atoms with van der Waals surface area (Å²) >= 11 is 3.56. The van der Waals surface area contributed by atoms with Crippen molar-refractivity contribution >= 4 is 48.8 Å². The van der Waals surface area contributed by atoms with E-state index in [-0.39, 0.29) is 5.97 Å². The normalized spacial score (nSPS) is 10.8. The Morgan fingerprint density at radius 2 is 1.47 bits per heavy atom. The van der Waals surface area contributed by atoms with E-state index in [9.17, 15) is 4.79 Å². The third-order valence-electron chi connectivity index (χ3n) is 4.74. The number of likely N-dealkylation sites (N-methyl/N-ethyl adjacent to an activating group) is 2. The lowest BCUT2D eigenvalue weighted by atomic mass is 10.1. The number of benzene rings is 2. The molecule has 0 radical (unpaired) electrons. The Kier molecular flexibility index (Phi) is 8.39. The summed E-state index contributed by atoms with van der Waals surface area (Å²) in [6.45, 7) is 3.42. The lowest BCUT2D eigenvalue weighted by Gasteiger charge is -2.03. The number of ether oxygens (including phenoxy) is 1. The molecule has 0 saturated heterocycles. The van der Waals surface area contributed by atoms with E-state index in [2.05, 4.69) is 45.7 Å². The summed E-state index contributed by atoms with van der Waals surface area (Å²) in [6.07, 6.45) is 2.11. The molecule has 0 saturated carbocycles. The van der Waals surface area contributed by atoms with Crippen LogP contribution in [0.15, 0.2) is 53.2 Å². The summed E-state index contributed by atoms with van der Waals surface area (Å²) < 4.78 is 7.73. The van der Waals surface area contributed by atoms with Crippen LogP contribution in [0.3, 0.4) is 0 Å². The SMILES string of the molecule is CNCCc1csc2ccc(OC(C)=O)cc12.CNCCc1csc2ccccc12. The highest BCUT2D eigenvalue weighted by atomic mass is 32.1. The zero-order valence-electron chi connectivity index (χ0n) is 17.7. The van der Waals surface area contributed by atoms with E-state index in [1.165, 1.54) is 38.2 Å². The van der Waals surface area contributed by atoms with Gasteiger partial charge < -0.3 is 15.4 Å². The van der Waals surface area contributed by atoms with Gasteiger partial charge in [0.25, 0.3) is 0 Å². The summed E-state index contributed by atoms with van der Waals surface area (Å²) in [5, 5.41) is 13.3. The van der Waals surface area contributed by atoms with Gasteiger partial charge in [0.05, 0.1) is 0 Å². The molecule has 0 bridgehead atoms. The van der Waals surface area contributed by atoms with Gasteiger partial charge in [-0.15, -0.1) is 22.7 Å². The lowest BCUT2D eigenvalue weighted by molar-refractivity contribution is -0.131. The van der Waals surface area contributed by atoms with Gasteiger partial charge in [0.1, 0.15) is 5.75 Å². The first kappa shape index (κ1) is 22.4. The highest BCUT2D eigenvalue weighted by molar-refractivity contribution is 7.17. The fourth-order valence-corrected chi connectivity index (χ4v) is 5.20. The molecule has 6 heteroatoms. The molecule has 4 nitrogen and oxygen atoms in total. The van der Waals surface area contributed by atoms with Crippen LogP contribution in [0, 0.1) is 0 Å². The number of carbonyl (C=O) groups is 1. The third kappa shape index (κ3) is 5.89. The average molecular weight is 441 g/mol. The molecule has 158 valence electrons. The van der Waals surface area contributed by atoms with E-state index in [0.29, 0.717) is 5.75 Å². The number of esters is 1. The van der Waals surface area contributed by atoms with Gasteiger partial charge in [-0.1, -0.05) is 18.2 Å². The molecular formula is C24H28N2O2S2. The van der Waals surface area contributed by atoms with Gasteiger partial charge >= 0.3 is 5.97 Å². The second kappa shape index (κ2) is 11.2. The predicted molar refractivity (Wildman–Crippen MR) is 130 cm³/mol. The number of hydrogen-bond donors (Lipinski definition) is 2. The molecule has 2 heterocycles. The minimum absolute atomic E-state index is 0.281. The van der Waals surface area contributed by atoms with Gasteiger partial charge in [0.15, 0.2) is 0 Å².